The van der Waals surface area contributed by atoms with Gasteiger partial charge in [-0.3, -0.25) is 24.1 Å². The van der Waals surface area contributed by atoms with Crippen molar-refractivity contribution in [2.75, 3.05) is 18.5 Å². The van der Waals surface area contributed by atoms with E-state index in [0.29, 0.717) is 5.56 Å². The summed E-state index contributed by atoms with van der Waals surface area (Å²) in [5, 5.41) is 2.52. The van der Waals surface area contributed by atoms with Crippen molar-refractivity contribution in [1.82, 2.24) is 4.90 Å². The zero-order valence-electron chi connectivity index (χ0n) is 13.7. The molecular formula is C15H17N3O6S. The Morgan fingerprint density at radius 3 is 2.36 bits per heavy atom. The summed E-state index contributed by atoms with van der Waals surface area (Å²) in [5.74, 6) is -2.96. The second kappa shape index (κ2) is 7.43. The molecule has 1 aliphatic rings. The van der Waals surface area contributed by atoms with Crippen LogP contribution in [-0.2, 0) is 19.1 Å². The van der Waals surface area contributed by atoms with Crippen LogP contribution in [0.3, 0.4) is 0 Å². The molecule has 1 aromatic rings. The summed E-state index contributed by atoms with van der Waals surface area (Å²) in [6, 6.07) is 0. The summed E-state index contributed by atoms with van der Waals surface area (Å²) in [6.07, 6.45) is 0.146. The summed E-state index contributed by atoms with van der Waals surface area (Å²) in [7, 11) is 0. The van der Waals surface area contributed by atoms with Crippen molar-refractivity contribution in [3.05, 3.63) is 16.0 Å². The average molecular weight is 367 g/mol. The van der Waals surface area contributed by atoms with Crippen LogP contribution in [0.1, 0.15) is 45.4 Å². The van der Waals surface area contributed by atoms with E-state index in [1.165, 1.54) is 6.92 Å². The largest absolute Gasteiger partial charge is 0.462 e. The quantitative estimate of drug-likeness (QED) is 0.552. The fraction of sp³-hybridized carbons (Fsp3) is 0.400. The number of rotatable bonds is 6. The monoisotopic (exact) mass is 367 g/mol. The highest BCUT2D eigenvalue weighted by Gasteiger charge is 2.31. The molecule has 0 aliphatic carbocycles. The lowest BCUT2D eigenvalue weighted by Gasteiger charge is -2.13. The van der Waals surface area contributed by atoms with Gasteiger partial charge in [-0.15, -0.1) is 11.3 Å². The van der Waals surface area contributed by atoms with Crippen molar-refractivity contribution in [2.24, 2.45) is 5.73 Å². The van der Waals surface area contributed by atoms with Gasteiger partial charge in [-0.2, -0.15) is 0 Å². The SMILES string of the molecule is CCOC(=O)c1sc(NC(=O)CN2C(=O)CCC2=O)c(C(N)=O)c1C. The predicted molar refractivity (Wildman–Crippen MR) is 88.1 cm³/mol. The van der Waals surface area contributed by atoms with E-state index in [9.17, 15) is 24.0 Å². The number of nitrogens with zero attached hydrogens (tertiary/aromatic N) is 1. The molecule has 9 nitrogen and oxygen atoms in total. The molecule has 1 saturated heterocycles. The van der Waals surface area contributed by atoms with Gasteiger partial charge in [-0.25, -0.2) is 4.79 Å². The lowest BCUT2D eigenvalue weighted by Crippen LogP contribution is -2.37. The van der Waals surface area contributed by atoms with E-state index in [2.05, 4.69) is 5.32 Å². The summed E-state index contributed by atoms with van der Waals surface area (Å²) in [5.41, 5.74) is 5.64. The highest BCUT2D eigenvalue weighted by molar-refractivity contribution is 7.18. The second-order valence-electron chi connectivity index (χ2n) is 5.27. The summed E-state index contributed by atoms with van der Waals surface area (Å²) < 4.78 is 4.91. The predicted octanol–water partition coefficient (Wildman–Crippen LogP) is 0.420. The number of thiophene rings is 1. The number of hydrogen-bond donors (Lipinski definition) is 2. The van der Waals surface area contributed by atoms with Gasteiger partial charge in [0.25, 0.3) is 5.91 Å². The molecule has 1 aromatic heterocycles. The molecule has 0 atom stereocenters. The first-order chi connectivity index (χ1) is 11.8. The lowest BCUT2D eigenvalue weighted by molar-refractivity contribution is -0.141. The number of primary amides is 1. The third kappa shape index (κ3) is 3.85. The fourth-order valence-electron chi connectivity index (χ4n) is 2.40. The van der Waals surface area contributed by atoms with Gasteiger partial charge in [0.2, 0.25) is 17.7 Å². The molecule has 3 N–H and O–H groups in total. The smallest absolute Gasteiger partial charge is 0.348 e. The summed E-state index contributed by atoms with van der Waals surface area (Å²) >= 11 is 0.855. The first-order valence-electron chi connectivity index (χ1n) is 7.49. The van der Waals surface area contributed by atoms with Gasteiger partial charge in [0, 0.05) is 12.8 Å². The Balaban J connectivity index is 2.23. The number of nitrogens with two attached hydrogens (primary N) is 1. The maximum atomic E-state index is 12.1. The Morgan fingerprint density at radius 1 is 1.24 bits per heavy atom. The highest BCUT2D eigenvalue weighted by atomic mass is 32.1. The molecule has 0 aromatic carbocycles. The molecule has 0 bridgehead atoms. The number of esters is 1. The number of hydrogen-bond acceptors (Lipinski definition) is 7. The van der Waals surface area contributed by atoms with Crippen LogP contribution in [-0.4, -0.2) is 47.6 Å². The van der Waals surface area contributed by atoms with E-state index in [-0.39, 0.29) is 34.9 Å². The Morgan fingerprint density at radius 2 is 1.84 bits per heavy atom. The first-order valence-corrected chi connectivity index (χ1v) is 8.31. The first kappa shape index (κ1) is 18.6. The van der Waals surface area contributed by atoms with Crippen molar-refractivity contribution in [3.63, 3.8) is 0 Å². The number of anilines is 1. The Bertz CT molecular complexity index is 754. The number of ether oxygens (including phenoxy) is 1. The van der Waals surface area contributed by atoms with E-state index >= 15 is 0 Å². The van der Waals surface area contributed by atoms with Gasteiger partial charge >= 0.3 is 5.97 Å². The number of likely N-dealkylation sites (tertiary alicyclic amines) is 1. The number of carbonyl (C=O) groups is 5. The maximum absolute atomic E-state index is 12.1. The summed E-state index contributed by atoms with van der Waals surface area (Å²) in [6.45, 7) is 2.86. The van der Waals surface area contributed by atoms with Gasteiger partial charge in [0.15, 0.2) is 0 Å². The third-order valence-electron chi connectivity index (χ3n) is 3.56. The molecule has 0 saturated carbocycles. The highest BCUT2D eigenvalue weighted by Crippen LogP contribution is 2.33. The van der Waals surface area contributed by atoms with E-state index in [0.717, 1.165) is 16.2 Å². The number of imide groups is 1. The van der Waals surface area contributed by atoms with E-state index in [1.807, 2.05) is 0 Å². The van der Waals surface area contributed by atoms with Crippen LogP contribution in [0, 0.1) is 6.92 Å². The molecule has 0 spiro atoms. The zero-order valence-corrected chi connectivity index (χ0v) is 14.5. The zero-order chi connectivity index (χ0) is 18.7. The van der Waals surface area contributed by atoms with Crippen LogP contribution in [0.25, 0.3) is 0 Å². The standard InChI is InChI=1S/C15H17N3O6S/c1-3-24-15(23)12-7(2)11(13(16)22)14(25-12)17-8(19)6-18-9(20)4-5-10(18)21/h3-6H2,1-2H3,(H2,16,22)(H,17,19). The Labute approximate surface area is 147 Å². The molecule has 4 amide bonds. The minimum Gasteiger partial charge on any atom is -0.462 e. The van der Waals surface area contributed by atoms with Crippen molar-refractivity contribution in [3.8, 4) is 0 Å². The molecule has 2 rings (SSSR count). The third-order valence-corrected chi connectivity index (χ3v) is 4.75. The normalized spacial score (nSPS) is 13.9. The van der Waals surface area contributed by atoms with Crippen LogP contribution in [0.15, 0.2) is 0 Å². The Hall–Kier alpha value is -2.75. The molecule has 0 unspecified atom stereocenters. The van der Waals surface area contributed by atoms with Gasteiger partial charge < -0.3 is 15.8 Å². The fourth-order valence-corrected chi connectivity index (χ4v) is 3.52. The molecule has 0 radical (unpaired) electrons. The van der Waals surface area contributed by atoms with Gasteiger partial charge in [0.05, 0.1) is 12.2 Å². The molecule has 2 heterocycles. The molecule has 1 aliphatic heterocycles. The van der Waals surface area contributed by atoms with E-state index in [4.69, 9.17) is 10.5 Å². The molecular weight excluding hydrogens is 350 g/mol. The van der Waals surface area contributed by atoms with Gasteiger partial charge in [-0.1, -0.05) is 0 Å². The van der Waals surface area contributed by atoms with Gasteiger partial charge in [0.1, 0.15) is 16.4 Å². The minimum atomic E-state index is -0.812. The number of amides is 4. The minimum absolute atomic E-state index is 0.000443. The van der Waals surface area contributed by atoms with Crippen molar-refractivity contribution in [1.29, 1.82) is 0 Å². The topological polar surface area (TPSA) is 136 Å². The molecule has 10 heteroatoms. The average Bonchev–Trinajstić information content (AvgIpc) is 3.01. The molecule has 1 fully saturated rings. The van der Waals surface area contributed by atoms with Crippen molar-refractivity contribution < 1.29 is 28.7 Å². The Kier molecular flexibility index (Phi) is 5.52. The van der Waals surface area contributed by atoms with Crippen LogP contribution in [0.2, 0.25) is 0 Å². The molecule has 134 valence electrons. The number of nitrogens with one attached hydrogen (secondary N) is 1. The maximum Gasteiger partial charge on any atom is 0.348 e. The lowest BCUT2D eigenvalue weighted by atomic mass is 10.1. The van der Waals surface area contributed by atoms with Gasteiger partial charge in [-0.05, 0) is 19.4 Å². The van der Waals surface area contributed by atoms with E-state index < -0.39 is 36.1 Å². The molecule has 25 heavy (non-hydrogen) atoms. The van der Waals surface area contributed by atoms with Crippen LogP contribution in [0.5, 0.6) is 0 Å². The van der Waals surface area contributed by atoms with Crippen LogP contribution < -0.4 is 11.1 Å². The second-order valence-corrected chi connectivity index (χ2v) is 6.29. The number of carbonyl (C=O) groups excluding carboxylic acids is 5. The van der Waals surface area contributed by atoms with E-state index in [1.54, 1.807) is 6.92 Å². The summed E-state index contributed by atoms with van der Waals surface area (Å²) in [4.78, 5) is 59.9. The van der Waals surface area contributed by atoms with Crippen molar-refractivity contribution >= 4 is 45.9 Å². The van der Waals surface area contributed by atoms with Crippen LogP contribution >= 0.6 is 11.3 Å². The van der Waals surface area contributed by atoms with Crippen molar-refractivity contribution in [2.45, 2.75) is 26.7 Å². The van der Waals surface area contributed by atoms with Crippen LogP contribution in [0.4, 0.5) is 5.00 Å².